The van der Waals surface area contributed by atoms with Gasteiger partial charge in [0, 0.05) is 25.8 Å². The Morgan fingerprint density at radius 1 is 0.840 bits per heavy atom. The lowest BCUT2D eigenvalue weighted by Crippen LogP contribution is -2.31. The fourth-order valence-electron chi connectivity index (χ4n) is 5.04. The number of unbranched alkanes of at least 4 members (excludes halogenated alkanes) is 4. The highest BCUT2D eigenvalue weighted by Crippen LogP contribution is 2.34. The summed E-state index contributed by atoms with van der Waals surface area (Å²) in [6.45, 7) is 4.77. The Kier molecular flexibility index (Phi) is 13.4. The van der Waals surface area contributed by atoms with Crippen LogP contribution in [0.5, 0.6) is 17.2 Å². The Bertz CT molecular complexity index is 1730. The Morgan fingerprint density at radius 3 is 2.16 bits per heavy atom. The van der Waals surface area contributed by atoms with Crippen molar-refractivity contribution in [1.82, 2.24) is 15.2 Å². The summed E-state index contributed by atoms with van der Waals surface area (Å²) < 4.78 is 51.2. The van der Waals surface area contributed by atoms with E-state index in [1.54, 1.807) is 60.4 Å². The molecule has 0 bridgehead atoms. The second-order valence-electron chi connectivity index (χ2n) is 11.6. The summed E-state index contributed by atoms with van der Waals surface area (Å²) in [5.41, 5.74) is 0.0281. The van der Waals surface area contributed by atoms with Gasteiger partial charge in [-0.2, -0.15) is 13.2 Å². The number of rotatable bonds is 16. The normalized spacial score (nSPS) is 11.1. The van der Waals surface area contributed by atoms with Crippen molar-refractivity contribution in [2.45, 2.75) is 65.2 Å². The Balaban J connectivity index is 1.27. The SMILES string of the molecule is CCCCCCCOc1ccc(C(=O)Oc2ccc(CN(CC)C(=O)c3ccc(C(=O)NCc4ccc(O)cc4C(F)(F)F)cn3)cc2)cc1. The summed E-state index contributed by atoms with van der Waals surface area (Å²) in [5.74, 6) is -1.08. The first kappa shape index (κ1) is 37.4. The van der Waals surface area contributed by atoms with E-state index in [9.17, 15) is 32.7 Å². The topological polar surface area (TPSA) is 118 Å². The van der Waals surface area contributed by atoms with Gasteiger partial charge in [-0.15, -0.1) is 0 Å². The van der Waals surface area contributed by atoms with Crippen molar-refractivity contribution in [3.8, 4) is 17.2 Å². The number of pyridine rings is 1. The molecule has 0 spiro atoms. The number of ether oxygens (including phenoxy) is 2. The molecule has 0 radical (unpaired) electrons. The van der Waals surface area contributed by atoms with Crippen LogP contribution in [0.15, 0.2) is 85.1 Å². The summed E-state index contributed by atoms with van der Waals surface area (Å²) in [6, 6.07) is 19.1. The third kappa shape index (κ3) is 10.8. The van der Waals surface area contributed by atoms with Crippen LogP contribution in [0.25, 0.3) is 0 Å². The molecule has 0 aliphatic rings. The molecule has 0 unspecified atom stereocenters. The number of nitrogens with one attached hydrogen (secondary N) is 1. The van der Waals surface area contributed by atoms with E-state index in [4.69, 9.17) is 9.47 Å². The number of hydrogen-bond acceptors (Lipinski definition) is 7. The van der Waals surface area contributed by atoms with Crippen molar-refractivity contribution >= 4 is 17.8 Å². The van der Waals surface area contributed by atoms with Crippen LogP contribution in [0.4, 0.5) is 13.2 Å². The molecule has 4 aromatic rings. The van der Waals surface area contributed by atoms with E-state index >= 15 is 0 Å². The third-order valence-corrected chi connectivity index (χ3v) is 7.87. The standard InChI is InChI=1S/C38H40F3N3O6/c1-3-5-6-7-8-21-49-31-18-12-27(13-19-31)37(48)50-32-16-9-26(10-17-32)25-44(4-2)36(47)34-20-14-29(24-42-34)35(46)43-23-28-11-15-30(45)22-33(28)38(39,40)41/h9-20,22,24,45H,3-8,21,23,25H2,1-2H3,(H,43,46). The number of carbonyl (C=O) groups is 3. The van der Waals surface area contributed by atoms with Crippen LogP contribution in [0.2, 0.25) is 0 Å². The minimum atomic E-state index is -4.71. The summed E-state index contributed by atoms with van der Waals surface area (Å²) in [7, 11) is 0. The summed E-state index contributed by atoms with van der Waals surface area (Å²) in [6.07, 6.45) is 2.21. The van der Waals surface area contributed by atoms with E-state index in [1.165, 1.54) is 37.6 Å². The number of amides is 2. The van der Waals surface area contributed by atoms with Crippen LogP contribution in [0.1, 0.15) is 93.8 Å². The molecule has 2 amide bonds. The quantitative estimate of drug-likeness (QED) is 0.0695. The van der Waals surface area contributed by atoms with Gasteiger partial charge in [0.25, 0.3) is 11.8 Å². The van der Waals surface area contributed by atoms with Crippen molar-refractivity contribution < 1.29 is 42.1 Å². The molecular weight excluding hydrogens is 651 g/mol. The average Bonchev–Trinajstić information content (AvgIpc) is 3.11. The number of aromatic nitrogens is 1. The highest BCUT2D eigenvalue weighted by atomic mass is 19.4. The maximum Gasteiger partial charge on any atom is 0.416 e. The first-order valence-electron chi connectivity index (χ1n) is 16.4. The Labute approximate surface area is 289 Å². The van der Waals surface area contributed by atoms with Crippen molar-refractivity contribution in [2.24, 2.45) is 0 Å². The van der Waals surface area contributed by atoms with Crippen LogP contribution in [-0.4, -0.2) is 45.9 Å². The van der Waals surface area contributed by atoms with E-state index in [-0.39, 0.29) is 23.4 Å². The predicted octanol–water partition coefficient (Wildman–Crippen LogP) is 7.97. The maximum atomic E-state index is 13.3. The smallest absolute Gasteiger partial charge is 0.416 e. The number of phenols is 1. The zero-order valence-corrected chi connectivity index (χ0v) is 28.0. The molecule has 50 heavy (non-hydrogen) atoms. The molecule has 0 fully saturated rings. The molecular formula is C38H40F3N3O6. The molecule has 0 aliphatic heterocycles. The zero-order chi connectivity index (χ0) is 36.1. The van der Waals surface area contributed by atoms with E-state index < -0.39 is 41.8 Å². The zero-order valence-electron chi connectivity index (χ0n) is 28.0. The fraction of sp³-hybridized carbons (Fsp3) is 0.316. The fourth-order valence-corrected chi connectivity index (χ4v) is 5.04. The summed E-state index contributed by atoms with van der Waals surface area (Å²) in [4.78, 5) is 44.1. The molecule has 0 saturated heterocycles. The number of nitrogens with zero attached hydrogens (tertiary/aromatic N) is 2. The molecule has 1 heterocycles. The van der Waals surface area contributed by atoms with Gasteiger partial charge in [0.1, 0.15) is 22.9 Å². The molecule has 3 aromatic carbocycles. The van der Waals surface area contributed by atoms with Gasteiger partial charge in [0.15, 0.2) is 0 Å². The van der Waals surface area contributed by atoms with E-state index in [1.807, 2.05) is 0 Å². The number of halogens is 3. The van der Waals surface area contributed by atoms with Crippen LogP contribution in [0.3, 0.4) is 0 Å². The molecule has 4 rings (SSSR count). The molecule has 0 aliphatic carbocycles. The second-order valence-corrected chi connectivity index (χ2v) is 11.6. The van der Waals surface area contributed by atoms with Gasteiger partial charge in [-0.1, -0.05) is 50.8 Å². The van der Waals surface area contributed by atoms with E-state index in [0.717, 1.165) is 30.5 Å². The number of phenolic OH excluding ortho intramolecular Hbond substituents is 1. The number of alkyl halides is 3. The van der Waals surface area contributed by atoms with Gasteiger partial charge >= 0.3 is 12.1 Å². The van der Waals surface area contributed by atoms with Gasteiger partial charge in [-0.05, 0) is 85.1 Å². The minimum Gasteiger partial charge on any atom is -0.508 e. The molecule has 0 atom stereocenters. The van der Waals surface area contributed by atoms with Crippen LogP contribution in [0, 0.1) is 0 Å². The van der Waals surface area contributed by atoms with Gasteiger partial charge in [0.05, 0.1) is 23.3 Å². The van der Waals surface area contributed by atoms with Gasteiger partial charge < -0.3 is 24.8 Å². The highest BCUT2D eigenvalue weighted by molar-refractivity contribution is 5.96. The molecule has 9 nitrogen and oxygen atoms in total. The first-order valence-corrected chi connectivity index (χ1v) is 16.4. The Hall–Kier alpha value is -5.39. The average molecular weight is 692 g/mol. The third-order valence-electron chi connectivity index (χ3n) is 7.87. The highest BCUT2D eigenvalue weighted by Gasteiger charge is 2.33. The van der Waals surface area contributed by atoms with Crippen molar-refractivity contribution in [3.63, 3.8) is 0 Å². The van der Waals surface area contributed by atoms with Gasteiger partial charge in [0.2, 0.25) is 0 Å². The lowest BCUT2D eigenvalue weighted by atomic mass is 10.1. The molecule has 1 aromatic heterocycles. The molecule has 12 heteroatoms. The van der Waals surface area contributed by atoms with Gasteiger partial charge in [-0.25, -0.2) is 4.79 Å². The Morgan fingerprint density at radius 2 is 1.52 bits per heavy atom. The number of benzene rings is 3. The van der Waals surface area contributed by atoms with Crippen molar-refractivity contribution in [2.75, 3.05) is 13.2 Å². The second kappa shape index (κ2) is 17.8. The van der Waals surface area contributed by atoms with Crippen LogP contribution < -0.4 is 14.8 Å². The van der Waals surface area contributed by atoms with Crippen molar-refractivity contribution in [1.29, 1.82) is 0 Å². The number of aromatic hydroxyl groups is 1. The molecule has 264 valence electrons. The first-order chi connectivity index (χ1) is 24.0. The molecule has 2 N–H and O–H groups in total. The number of esters is 1. The number of hydrogen-bond donors (Lipinski definition) is 2. The monoisotopic (exact) mass is 691 g/mol. The largest absolute Gasteiger partial charge is 0.508 e. The minimum absolute atomic E-state index is 0.0551. The molecule has 0 saturated carbocycles. The summed E-state index contributed by atoms with van der Waals surface area (Å²) >= 11 is 0. The lowest BCUT2D eigenvalue weighted by molar-refractivity contribution is -0.138. The summed E-state index contributed by atoms with van der Waals surface area (Å²) in [5, 5.41) is 11.8. The maximum absolute atomic E-state index is 13.3. The van der Waals surface area contributed by atoms with E-state index in [0.29, 0.717) is 36.3 Å². The van der Waals surface area contributed by atoms with Crippen LogP contribution in [-0.2, 0) is 19.3 Å². The lowest BCUT2D eigenvalue weighted by Gasteiger charge is -2.21. The van der Waals surface area contributed by atoms with Crippen molar-refractivity contribution in [3.05, 3.63) is 119 Å². The van der Waals surface area contributed by atoms with Gasteiger partial charge in [-0.3, -0.25) is 14.6 Å². The van der Waals surface area contributed by atoms with E-state index in [2.05, 4.69) is 17.2 Å². The van der Waals surface area contributed by atoms with Crippen LogP contribution >= 0.6 is 0 Å². The predicted molar refractivity (Wildman–Crippen MR) is 181 cm³/mol. The number of carbonyl (C=O) groups excluding carboxylic acids is 3.